The van der Waals surface area contributed by atoms with Crippen molar-refractivity contribution < 1.29 is 23.4 Å². The first kappa shape index (κ1) is 14.7. The van der Waals surface area contributed by atoms with E-state index in [2.05, 4.69) is 9.72 Å². The van der Waals surface area contributed by atoms with Crippen molar-refractivity contribution in [2.24, 2.45) is 0 Å². The monoisotopic (exact) mass is 317 g/mol. The van der Waals surface area contributed by atoms with E-state index in [9.17, 15) is 13.6 Å². The SMILES string of the molecule is O=C(O)CSc1nc(-c2ccccc2OC(F)F)cs1. The standard InChI is InChI=1S/C12H9F2NO3S2/c13-11(14)18-9-4-2-1-3-7(9)8-5-19-12(15-8)20-6-10(16)17/h1-5,11H,6H2,(H,16,17). The first-order valence-corrected chi connectivity index (χ1v) is 7.27. The minimum absolute atomic E-state index is 0.0441. The average Bonchev–Trinajstić information content (AvgIpc) is 2.85. The summed E-state index contributed by atoms with van der Waals surface area (Å²) in [6, 6.07) is 6.34. The number of thioether (sulfide) groups is 1. The van der Waals surface area contributed by atoms with Crippen molar-refractivity contribution in [1.29, 1.82) is 0 Å². The van der Waals surface area contributed by atoms with Gasteiger partial charge in [0.1, 0.15) is 5.75 Å². The minimum Gasteiger partial charge on any atom is -0.481 e. The molecule has 1 heterocycles. The van der Waals surface area contributed by atoms with E-state index in [4.69, 9.17) is 5.11 Å². The van der Waals surface area contributed by atoms with Gasteiger partial charge in [-0.05, 0) is 12.1 Å². The zero-order chi connectivity index (χ0) is 14.5. The summed E-state index contributed by atoms with van der Waals surface area (Å²) in [5.74, 6) is -0.988. The molecular formula is C12H9F2NO3S2. The maximum atomic E-state index is 12.3. The van der Waals surface area contributed by atoms with Gasteiger partial charge >= 0.3 is 12.6 Å². The Labute approximate surface area is 121 Å². The number of carboxylic acids is 1. The van der Waals surface area contributed by atoms with Crippen LogP contribution in [-0.2, 0) is 4.79 Å². The van der Waals surface area contributed by atoms with Gasteiger partial charge in [-0.1, -0.05) is 23.9 Å². The maximum absolute atomic E-state index is 12.3. The van der Waals surface area contributed by atoms with Crippen LogP contribution in [0.5, 0.6) is 5.75 Å². The van der Waals surface area contributed by atoms with Crippen molar-refractivity contribution in [3.63, 3.8) is 0 Å². The molecule has 2 rings (SSSR count). The van der Waals surface area contributed by atoms with Crippen molar-refractivity contribution in [2.45, 2.75) is 11.0 Å². The van der Waals surface area contributed by atoms with Gasteiger partial charge in [-0.25, -0.2) is 4.98 Å². The van der Waals surface area contributed by atoms with E-state index in [1.165, 1.54) is 17.4 Å². The molecule has 0 atom stereocenters. The predicted octanol–water partition coefficient (Wildman–Crippen LogP) is 3.59. The molecule has 0 aliphatic carbocycles. The molecule has 1 aromatic heterocycles. The van der Waals surface area contributed by atoms with Crippen LogP contribution in [0.15, 0.2) is 34.0 Å². The van der Waals surface area contributed by atoms with E-state index < -0.39 is 12.6 Å². The fourth-order valence-electron chi connectivity index (χ4n) is 1.45. The minimum atomic E-state index is -2.91. The lowest BCUT2D eigenvalue weighted by molar-refractivity contribution is -0.133. The number of thiazole rings is 1. The third-order valence-corrected chi connectivity index (χ3v) is 4.19. The lowest BCUT2D eigenvalue weighted by Crippen LogP contribution is -2.03. The molecule has 20 heavy (non-hydrogen) atoms. The summed E-state index contributed by atoms with van der Waals surface area (Å²) >= 11 is 2.34. The number of ether oxygens (including phenoxy) is 1. The number of para-hydroxylation sites is 1. The number of halogens is 2. The van der Waals surface area contributed by atoms with Crippen molar-refractivity contribution >= 4 is 29.1 Å². The van der Waals surface area contributed by atoms with E-state index >= 15 is 0 Å². The largest absolute Gasteiger partial charge is 0.481 e. The second-order valence-corrected chi connectivity index (χ2v) is 5.64. The Morgan fingerprint density at radius 1 is 1.45 bits per heavy atom. The number of aliphatic carboxylic acids is 1. The Morgan fingerprint density at radius 2 is 2.20 bits per heavy atom. The molecule has 0 saturated carbocycles. The van der Waals surface area contributed by atoms with Gasteiger partial charge in [-0.15, -0.1) is 11.3 Å². The first-order chi connectivity index (χ1) is 9.56. The van der Waals surface area contributed by atoms with Gasteiger partial charge in [-0.3, -0.25) is 4.79 Å². The zero-order valence-corrected chi connectivity index (χ0v) is 11.6. The number of carbonyl (C=O) groups is 1. The molecular weight excluding hydrogens is 308 g/mol. The smallest absolute Gasteiger partial charge is 0.387 e. The van der Waals surface area contributed by atoms with Gasteiger partial charge in [-0.2, -0.15) is 8.78 Å². The molecule has 0 bridgehead atoms. The number of hydrogen-bond acceptors (Lipinski definition) is 5. The molecule has 4 nitrogen and oxygen atoms in total. The quantitative estimate of drug-likeness (QED) is 0.825. The van der Waals surface area contributed by atoms with E-state index in [1.807, 2.05) is 0 Å². The van der Waals surface area contributed by atoms with Crippen LogP contribution >= 0.6 is 23.1 Å². The van der Waals surface area contributed by atoms with E-state index in [0.717, 1.165) is 11.8 Å². The van der Waals surface area contributed by atoms with Gasteiger partial charge in [0.2, 0.25) is 0 Å². The summed E-state index contributed by atoms with van der Waals surface area (Å²) < 4.78 is 29.6. The molecule has 0 unspecified atom stereocenters. The molecule has 1 aromatic carbocycles. The molecule has 1 N–H and O–H groups in total. The van der Waals surface area contributed by atoms with Crippen LogP contribution in [0.25, 0.3) is 11.3 Å². The third kappa shape index (κ3) is 3.91. The van der Waals surface area contributed by atoms with E-state index in [-0.39, 0.29) is 11.5 Å². The summed E-state index contributed by atoms with van der Waals surface area (Å²) in [6.07, 6.45) is 0. The van der Waals surface area contributed by atoms with Gasteiger partial charge in [0.05, 0.1) is 11.4 Å². The van der Waals surface area contributed by atoms with Gasteiger partial charge in [0, 0.05) is 10.9 Å². The van der Waals surface area contributed by atoms with Crippen molar-refractivity contribution in [3.8, 4) is 17.0 Å². The fraction of sp³-hybridized carbons (Fsp3) is 0.167. The predicted molar refractivity (Wildman–Crippen MR) is 72.5 cm³/mol. The molecule has 0 radical (unpaired) electrons. The zero-order valence-electron chi connectivity index (χ0n) is 9.95. The molecule has 0 aliphatic rings. The Balaban J connectivity index is 2.21. The van der Waals surface area contributed by atoms with Gasteiger partial charge < -0.3 is 9.84 Å². The highest BCUT2D eigenvalue weighted by Crippen LogP contribution is 2.34. The van der Waals surface area contributed by atoms with Crippen LogP contribution in [0.4, 0.5) is 8.78 Å². The van der Waals surface area contributed by atoms with E-state index in [1.54, 1.807) is 23.6 Å². The summed E-state index contributed by atoms with van der Waals surface area (Å²) in [5, 5.41) is 10.3. The number of carboxylic acid groups (broad SMARTS) is 1. The summed E-state index contributed by atoms with van der Waals surface area (Å²) in [5.41, 5.74) is 0.936. The number of alkyl halides is 2. The molecule has 2 aromatic rings. The van der Waals surface area contributed by atoms with Crippen LogP contribution < -0.4 is 4.74 Å². The summed E-state index contributed by atoms with van der Waals surface area (Å²) in [7, 11) is 0. The topological polar surface area (TPSA) is 59.4 Å². The maximum Gasteiger partial charge on any atom is 0.387 e. The first-order valence-electron chi connectivity index (χ1n) is 5.40. The highest BCUT2D eigenvalue weighted by Gasteiger charge is 2.13. The number of rotatable bonds is 6. The summed E-state index contributed by atoms with van der Waals surface area (Å²) in [6.45, 7) is -2.91. The second kappa shape index (κ2) is 6.67. The Morgan fingerprint density at radius 3 is 2.90 bits per heavy atom. The van der Waals surface area contributed by atoms with Crippen molar-refractivity contribution in [1.82, 2.24) is 4.98 Å². The number of benzene rings is 1. The van der Waals surface area contributed by atoms with Crippen LogP contribution in [-0.4, -0.2) is 28.4 Å². The molecule has 8 heteroatoms. The van der Waals surface area contributed by atoms with Crippen LogP contribution in [0, 0.1) is 0 Å². The highest BCUT2D eigenvalue weighted by molar-refractivity contribution is 8.01. The third-order valence-electron chi connectivity index (χ3n) is 2.18. The summed E-state index contributed by atoms with van der Waals surface area (Å²) in [4.78, 5) is 14.7. The van der Waals surface area contributed by atoms with Gasteiger partial charge in [0.15, 0.2) is 4.34 Å². The number of hydrogen-bond donors (Lipinski definition) is 1. The van der Waals surface area contributed by atoms with Crippen LogP contribution in [0.1, 0.15) is 0 Å². The molecule has 0 spiro atoms. The van der Waals surface area contributed by atoms with Crippen LogP contribution in [0.2, 0.25) is 0 Å². The highest BCUT2D eigenvalue weighted by atomic mass is 32.2. The van der Waals surface area contributed by atoms with Gasteiger partial charge in [0.25, 0.3) is 0 Å². The molecule has 0 fully saturated rings. The average molecular weight is 317 g/mol. The normalized spacial score (nSPS) is 10.8. The Bertz CT molecular complexity index is 604. The van der Waals surface area contributed by atoms with Crippen LogP contribution in [0.3, 0.4) is 0 Å². The Kier molecular flexibility index (Phi) is 4.91. The Hall–Kier alpha value is -1.67. The second-order valence-electron chi connectivity index (χ2n) is 3.56. The van der Waals surface area contributed by atoms with Crippen molar-refractivity contribution in [3.05, 3.63) is 29.6 Å². The molecule has 0 aliphatic heterocycles. The molecule has 106 valence electrons. The molecule has 0 amide bonds. The number of aromatic nitrogens is 1. The number of nitrogens with zero attached hydrogens (tertiary/aromatic N) is 1. The van der Waals surface area contributed by atoms with E-state index in [0.29, 0.717) is 15.6 Å². The lowest BCUT2D eigenvalue weighted by atomic mass is 10.1. The lowest BCUT2D eigenvalue weighted by Gasteiger charge is -2.08. The fourth-order valence-corrected chi connectivity index (χ4v) is 2.99. The van der Waals surface area contributed by atoms with Crippen molar-refractivity contribution in [2.75, 3.05) is 5.75 Å². The molecule has 0 saturated heterocycles.